The second-order valence-electron chi connectivity index (χ2n) is 6.25. The second-order valence-corrected chi connectivity index (χ2v) is 6.25. The van der Waals surface area contributed by atoms with Gasteiger partial charge in [0.1, 0.15) is 11.5 Å². The van der Waals surface area contributed by atoms with Gasteiger partial charge in [-0.2, -0.15) is 0 Å². The van der Waals surface area contributed by atoms with Gasteiger partial charge in [-0.25, -0.2) is 0 Å². The lowest BCUT2D eigenvalue weighted by molar-refractivity contribution is 0.453. The zero-order chi connectivity index (χ0) is 15.2. The molecule has 0 saturated carbocycles. The summed E-state index contributed by atoms with van der Waals surface area (Å²) >= 11 is 0. The van der Waals surface area contributed by atoms with Gasteiger partial charge in [0.2, 0.25) is 0 Å². The predicted molar refractivity (Wildman–Crippen MR) is 94.3 cm³/mol. The summed E-state index contributed by atoms with van der Waals surface area (Å²) in [6, 6.07) is 12.7. The minimum atomic E-state index is 0.368. The Hall–Kier alpha value is -2.61. The van der Waals surface area contributed by atoms with E-state index in [2.05, 4.69) is 53.6 Å². The zero-order valence-corrected chi connectivity index (χ0v) is 12.8. The summed E-state index contributed by atoms with van der Waals surface area (Å²) in [5, 5.41) is 2.48. The Labute approximate surface area is 135 Å². The smallest absolute Gasteiger partial charge is 0.134 e. The molecule has 0 unspecified atom stereocenters. The quantitative estimate of drug-likeness (QED) is 0.736. The lowest BCUT2D eigenvalue weighted by Gasteiger charge is -2.24. The fraction of sp³-hybridized carbons (Fsp3) is 0.190. The number of nitrogens with zero attached hydrogens (tertiary/aromatic N) is 1. The standard InChI is InChI=1S/C21H17NO/c1-2-7-14(6-1)21-20-16(15-8-3-4-10-19(15)23-21)11-12-18-17(20)9-5-13-22-18/h1,3-4,6,8-14H,2,5,7H2/t14-/m1/s1. The van der Waals surface area contributed by atoms with E-state index in [9.17, 15) is 0 Å². The maximum atomic E-state index is 6.40. The van der Waals surface area contributed by atoms with Crippen molar-refractivity contribution in [3.63, 3.8) is 0 Å². The predicted octanol–water partition coefficient (Wildman–Crippen LogP) is 3.71. The van der Waals surface area contributed by atoms with Crippen LogP contribution >= 0.6 is 0 Å². The van der Waals surface area contributed by atoms with E-state index in [0.717, 1.165) is 36.5 Å². The summed E-state index contributed by atoms with van der Waals surface area (Å²) in [4.78, 5) is 4.58. The van der Waals surface area contributed by atoms with Crippen LogP contribution in [0.2, 0.25) is 0 Å². The van der Waals surface area contributed by atoms with Crippen LogP contribution in [0.3, 0.4) is 0 Å². The lowest BCUT2D eigenvalue weighted by Crippen LogP contribution is -2.36. The van der Waals surface area contributed by atoms with Gasteiger partial charge in [-0.05, 0) is 30.5 Å². The van der Waals surface area contributed by atoms with Gasteiger partial charge in [-0.3, -0.25) is 4.99 Å². The molecule has 2 heteroatoms. The van der Waals surface area contributed by atoms with Gasteiger partial charge in [-0.15, -0.1) is 0 Å². The average Bonchev–Trinajstić information content (AvgIpc) is 3.15. The van der Waals surface area contributed by atoms with Crippen LogP contribution in [-0.2, 0) is 0 Å². The van der Waals surface area contributed by atoms with Crippen molar-refractivity contribution in [2.75, 3.05) is 0 Å². The van der Waals surface area contributed by atoms with Gasteiger partial charge in [0.05, 0.1) is 5.69 Å². The van der Waals surface area contributed by atoms with Crippen molar-refractivity contribution < 1.29 is 4.74 Å². The Kier molecular flexibility index (Phi) is 2.77. The number of ether oxygens (including phenoxy) is 1. The first kappa shape index (κ1) is 12.9. The number of allylic oxidation sites excluding steroid dienone is 1. The Morgan fingerprint density at radius 3 is 2.91 bits per heavy atom. The summed E-state index contributed by atoms with van der Waals surface area (Å²) in [6.07, 6.45) is 11.9. The third-order valence-corrected chi connectivity index (χ3v) is 4.87. The summed E-state index contributed by atoms with van der Waals surface area (Å²) in [6.45, 7) is 0. The van der Waals surface area contributed by atoms with Crippen molar-refractivity contribution >= 4 is 23.7 Å². The molecule has 0 bridgehead atoms. The molecule has 1 atom stereocenters. The summed E-state index contributed by atoms with van der Waals surface area (Å²) in [5.41, 5.74) is 3.51. The van der Waals surface area contributed by atoms with Crippen molar-refractivity contribution in [3.05, 3.63) is 59.0 Å². The van der Waals surface area contributed by atoms with E-state index in [-0.39, 0.29) is 0 Å². The molecule has 0 N–H and O–H groups in total. The number of benzene rings is 2. The van der Waals surface area contributed by atoms with Crippen LogP contribution in [0, 0.1) is 5.92 Å². The fourth-order valence-electron chi connectivity index (χ4n) is 3.80. The van der Waals surface area contributed by atoms with E-state index >= 15 is 0 Å². The maximum absolute atomic E-state index is 6.40. The van der Waals surface area contributed by atoms with Crippen LogP contribution < -0.4 is 15.2 Å². The van der Waals surface area contributed by atoms with Crippen LogP contribution in [0.5, 0.6) is 5.75 Å². The number of rotatable bonds is 1. The highest BCUT2D eigenvalue weighted by molar-refractivity contribution is 5.81. The van der Waals surface area contributed by atoms with E-state index < -0.39 is 0 Å². The molecule has 2 heterocycles. The summed E-state index contributed by atoms with van der Waals surface area (Å²) in [5.74, 6) is 2.43. The van der Waals surface area contributed by atoms with Gasteiger partial charge in [0.15, 0.2) is 0 Å². The highest BCUT2D eigenvalue weighted by atomic mass is 16.5. The highest BCUT2D eigenvalue weighted by Crippen LogP contribution is 2.37. The Morgan fingerprint density at radius 1 is 1.04 bits per heavy atom. The van der Waals surface area contributed by atoms with Crippen LogP contribution in [0.1, 0.15) is 19.3 Å². The molecule has 2 aromatic rings. The second kappa shape index (κ2) is 4.95. The van der Waals surface area contributed by atoms with Crippen molar-refractivity contribution in [1.82, 2.24) is 0 Å². The molecule has 0 radical (unpaired) electrons. The van der Waals surface area contributed by atoms with Crippen LogP contribution in [0.15, 0.2) is 53.5 Å². The number of hydrogen-bond donors (Lipinski definition) is 0. The summed E-state index contributed by atoms with van der Waals surface area (Å²) < 4.78 is 6.40. The van der Waals surface area contributed by atoms with E-state index in [1.807, 2.05) is 12.3 Å². The first-order valence-electron chi connectivity index (χ1n) is 8.26. The normalized spacial score (nSPS) is 20.3. The molecular weight excluding hydrogens is 282 g/mol. The minimum Gasteiger partial charge on any atom is -0.460 e. The molecule has 5 rings (SSSR count). The van der Waals surface area contributed by atoms with E-state index in [1.165, 1.54) is 21.6 Å². The Bertz CT molecular complexity index is 981. The molecule has 3 aliphatic rings. The van der Waals surface area contributed by atoms with Gasteiger partial charge >= 0.3 is 0 Å². The van der Waals surface area contributed by atoms with Crippen molar-refractivity contribution in [2.24, 2.45) is 10.9 Å². The van der Waals surface area contributed by atoms with Crippen molar-refractivity contribution in [3.8, 4) is 16.9 Å². The fourth-order valence-corrected chi connectivity index (χ4v) is 3.80. The summed E-state index contributed by atoms with van der Waals surface area (Å²) in [7, 11) is 0. The first-order valence-corrected chi connectivity index (χ1v) is 8.26. The van der Waals surface area contributed by atoms with E-state index in [1.54, 1.807) is 0 Å². The number of hydrogen-bond acceptors (Lipinski definition) is 2. The lowest BCUT2D eigenvalue weighted by atomic mass is 9.92. The molecule has 0 spiro atoms. The topological polar surface area (TPSA) is 21.6 Å². The van der Waals surface area contributed by atoms with Crippen LogP contribution in [0.25, 0.3) is 23.0 Å². The highest BCUT2D eigenvalue weighted by Gasteiger charge is 2.25. The molecule has 23 heavy (non-hydrogen) atoms. The van der Waals surface area contributed by atoms with Gasteiger partial charge in [0, 0.05) is 34.6 Å². The Balaban J connectivity index is 1.91. The molecule has 2 aromatic carbocycles. The zero-order valence-electron chi connectivity index (χ0n) is 12.8. The molecule has 112 valence electrons. The van der Waals surface area contributed by atoms with Crippen molar-refractivity contribution in [1.29, 1.82) is 0 Å². The van der Waals surface area contributed by atoms with Crippen molar-refractivity contribution in [2.45, 2.75) is 19.3 Å². The largest absolute Gasteiger partial charge is 0.460 e. The van der Waals surface area contributed by atoms with Crippen LogP contribution in [0.4, 0.5) is 5.69 Å². The number of aliphatic imine (C=N–C) groups is 1. The molecule has 0 aromatic heterocycles. The molecule has 2 aliphatic heterocycles. The number of para-hydroxylation sites is 1. The Morgan fingerprint density at radius 2 is 2.00 bits per heavy atom. The maximum Gasteiger partial charge on any atom is 0.134 e. The van der Waals surface area contributed by atoms with Gasteiger partial charge in [0.25, 0.3) is 0 Å². The minimum absolute atomic E-state index is 0.368. The third kappa shape index (κ3) is 1.91. The van der Waals surface area contributed by atoms with E-state index in [0.29, 0.717) is 5.92 Å². The monoisotopic (exact) mass is 299 g/mol. The first-order chi connectivity index (χ1) is 11.4. The molecule has 2 nitrogen and oxygen atoms in total. The number of fused-ring (bicyclic) bond motifs is 5. The molecule has 0 amide bonds. The molecule has 0 fully saturated rings. The molecule has 1 aliphatic carbocycles. The van der Waals surface area contributed by atoms with Gasteiger partial charge in [-0.1, -0.05) is 42.5 Å². The van der Waals surface area contributed by atoms with Gasteiger partial charge < -0.3 is 4.74 Å². The molecule has 0 saturated heterocycles. The van der Waals surface area contributed by atoms with E-state index in [4.69, 9.17) is 4.74 Å². The SMILES string of the molecule is C1=C[C@@H](C2=c3c(ccc4c3=CCC=N4)-c3ccccc3O2)CC1. The average molecular weight is 299 g/mol. The van der Waals surface area contributed by atoms with Crippen LogP contribution in [-0.4, -0.2) is 6.21 Å². The third-order valence-electron chi connectivity index (χ3n) is 4.87. The molecular formula is C21H17NO.